The summed E-state index contributed by atoms with van der Waals surface area (Å²) >= 11 is 3.27. The monoisotopic (exact) mass is 286 g/mol. The molecular weight excluding hydrogens is 276 g/mol. The second-order valence-electron chi connectivity index (χ2n) is 3.58. The van der Waals surface area contributed by atoms with Crippen LogP contribution in [0.25, 0.3) is 0 Å². The number of nitrogens with zero attached hydrogens (tertiary/aromatic N) is 3. The largest absolute Gasteiger partial charge is 0.465 e. The molecule has 7 heteroatoms. The van der Waals surface area contributed by atoms with Gasteiger partial charge in [0.05, 0.1) is 10.5 Å². The molecule has 0 aromatic carbocycles. The molecule has 2 rings (SSSR count). The van der Waals surface area contributed by atoms with Crippen LogP contribution in [0.15, 0.2) is 16.9 Å². The molecule has 0 saturated carbocycles. The lowest BCUT2D eigenvalue weighted by Gasteiger charge is -2.15. The number of nitrogens with one attached hydrogen (secondary N) is 1. The molecule has 2 N–H and O–H groups in total. The van der Waals surface area contributed by atoms with Gasteiger partial charge in [0.25, 0.3) is 0 Å². The first kappa shape index (κ1) is 11.1. The average Bonchev–Trinajstić information content (AvgIpc) is 2.66. The van der Waals surface area contributed by atoms with Crippen LogP contribution in [0.3, 0.4) is 0 Å². The van der Waals surface area contributed by atoms with Crippen molar-refractivity contribution < 1.29 is 9.90 Å². The number of hydrogen-bond donors (Lipinski definition) is 2. The summed E-state index contributed by atoms with van der Waals surface area (Å²) < 4.78 is 0.829. The first-order valence-electron chi connectivity index (χ1n) is 4.87. The number of halogens is 1. The van der Waals surface area contributed by atoms with Crippen LogP contribution in [0.2, 0.25) is 0 Å². The first-order chi connectivity index (χ1) is 7.65. The zero-order valence-electron chi connectivity index (χ0n) is 8.43. The summed E-state index contributed by atoms with van der Waals surface area (Å²) in [6.45, 7) is 1.39. The van der Waals surface area contributed by atoms with Gasteiger partial charge in [-0.05, 0) is 22.4 Å². The zero-order valence-corrected chi connectivity index (χ0v) is 10.0. The van der Waals surface area contributed by atoms with E-state index in [0.717, 1.165) is 17.4 Å². The van der Waals surface area contributed by atoms with E-state index in [1.165, 1.54) is 0 Å². The predicted molar refractivity (Wildman–Crippen MR) is 61.5 cm³/mol. The Morgan fingerprint density at radius 3 is 2.88 bits per heavy atom. The van der Waals surface area contributed by atoms with E-state index in [0.29, 0.717) is 12.5 Å². The van der Waals surface area contributed by atoms with Gasteiger partial charge in [-0.25, -0.2) is 14.8 Å². The van der Waals surface area contributed by atoms with E-state index < -0.39 is 6.09 Å². The quantitative estimate of drug-likeness (QED) is 0.851. The van der Waals surface area contributed by atoms with Gasteiger partial charge in [0.15, 0.2) is 0 Å². The SMILES string of the molecule is O=C(O)N[C@H]1CCN(c2ncc(Br)cn2)C1. The molecule has 1 aromatic heterocycles. The van der Waals surface area contributed by atoms with Crippen molar-refractivity contribution >= 4 is 28.0 Å². The first-order valence-corrected chi connectivity index (χ1v) is 5.66. The lowest BCUT2D eigenvalue weighted by Crippen LogP contribution is -2.36. The summed E-state index contributed by atoms with van der Waals surface area (Å²) in [5, 5.41) is 11.1. The number of rotatable bonds is 2. The molecule has 0 bridgehead atoms. The van der Waals surface area contributed by atoms with Crippen LogP contribution in [0.5, 0.6) is 0 Å². The highest BCUT2D eigenvalue weighted by atomic mass is 79.9. The average molecular weight is 287 g/mol. The summed E-state index contributed by atoms with van der Waals surface area (Å²) in [6, 6.07) is -0.0373. The van der Waals surface area contributed by atoms with Gasteiger partial charge in [0, 0.05) is 25.5 Å². The summed E-state index contributed by atoms with van der Waals surface area (Å²) in [7, 11) is 0. The van der Waals surface area contributed by atoms with Gasteiger partial charge in [-0.3, -0.25) is 0 Å². The molecule has 86 valence electrons. The fraction of sp³-hybridized carbons (Fsp3) is 0.444. The van der Waals surface area contributed by atoms with Crippen LogP contribution < -0.4 is 10.2 Å². The second-order valence-corrected chi connectivity index (χ2v) is 4.50. The Labute approximate surface area is 101 Å². The molecule has 2 heterocycles. The smallest absolute Gasteiger partial charge is 0.404 e. The van der Waals surface area contributed by atoms with E-state index in [-0.39, 0.29) is 6.04 Å². The molecule has 1 aliphatic heterocycles. The van der Waals surface area contributed by atoms with Crippen molar-refractivity contribution in [3.8, 4) is 0 Å². The Hall–Kier alpha value is -1.37. The third kappa shape index (κ3) is 2.60. The third-order valence-corrected chi connectivity index (χ3v) is 2.81. The molecule has 1 atom stereocenters. The highest BCUT2D eigenvalue weighted by molar-refractivity contribution is 9.10. The Balaban J connectivity index is 1.98. The minimum absolute atomic E-state index is 0.0373. The van der Waals surface area contributed by atoms with E-state index in [1.807, 2.05) is 4.90 Å². The van der Waals surface area contributed by atoms with Gasteiger partial charge in [-0.1, -0.05) is 0 Å². The van der Waals surface area contributed by atoms with Gasteiger partial charge in [0.1, 0.15) is 0 Å². The zero-order chi connectivity index (χ0) is 11.5. The van der Waals surface area contributed by atoms with Crippen molar-refractivity contribution in [2.75, 3.05) is 18.0 Å². The van der Waals surface area contributed by atoms with Crippen LogP contribution in [0.4, 0.5) is 10.7 Å². The fourth-order valence-corrected chi connectivity index (χ4v) is 1.91. The maximum atomic E-state index is 10.5. The molecule has 16 heavy (non-hydrogen) atoms. The maximum absolute atomic E-state index is 10.5. The van der Waals surface area contributed by atoms with E-state index in [4.69, 9.17) is 5.11 Å². The number of carbonyl (C=O) groups is 1. The molecule has 1 aliphatic rings. The highest BCUT2D eigenvalue weighted by Gasteiger charge is 2.25. The fourth-order valence-electron chi connectivity index (χ4n) is 1.70. The van der Waals surface area contributed by atoms with Crippen molar-refractivity contribution in [2.45, 2.75) is 12.5 Å². The van der Waals surface area contributed by atoms with Gasteiger partial charge < -0.3 is 15.3 Å². The number of carboxylic acid groups (broad SMARTS) is 1. The van der Waals surface area contributed by atoms with Crippen LogP contribution in [0.1, 0.15) is 6.42 Å². The Bertz CT molecular complexity index is 384. The van der Waals surface area contributed by atoms with Crippen molar-refractivity contribution in [3.05, 3.63) is 16.9 Å². The third-order valence-electron chi connectivity index (χ3n) is 2.41. The lowest BCUT2D eigenvalue weighted by molar-refractivity contribution is 0.191. The predicted octanol–water partition coefficient (Wildman–Crippen LogP) is 1.09. The Morgan fingerprint density at radius 2 is 2.25 bits per heavy atom. The van der Waals surface area contributed by atoms with Gasteiger partial charge in [-0.15, -0.1) is 0 Å². The summed E-state index contributed by atoms with van der Waals surface area (Å²) in [4.78, 5) is 20.8. The van der Waals surface area contributed by atoms with Crippen molar-refractivity contribution in [1.29, 1.82) is 0 Å². The number of amides is 1. The topological polar surface area (TPSA) is 78.4 Å². The van der Waals surface area contributed by atoms with Crippen molar-refractivity contribution in [3.63, 3.8) is 0 Å². The van der Waals surface area contributed by atoms with E-state index in [2.05, 4.69) is 31.2 Å². The molecule has 6 nitrogen and oxygen atoms in total. The highest BCUT2D eigenvalue weighted by Crippen LogP contribution is 2.16. The summed E-state index contributed by atoms with van der Waals surface area (Å²) in [6.07, 6.45) is 3.16. The molecule has 1 saturated heterocycles. The normalized spacial score (nSPS) is 19.8. The second kappa shape index (κ2) is 4.65. The van der Waals surface area contributed by atoms with Crippen LogP contribution in [0, 0.1) is 0 Å². The van der Waals surface area contributed by atoms with Gasteiger partial charge in [-0.2, -0.15) is 0 Å². The number of aromatic nitrogens is 2. The molecule has 1 amide bonds. The maximum Gasteiger partial charge on any atom is 0.404 e. The minimum Gasteiger partial charge on any atom is -0.465 e. The molecular formula is C9H11BrN4O2. The molecule has 1 aromatic rings. The molecule has 0 spiro atoms. The van der Waals surface area contributed by atoms with Gasteiger partial charge in [0.2, 0.25) is 5.95 Å². The van der Waals surface area contributed by atoms with Crippen molar-refractivity contribution in [1.82, 2.24) is 15.3 Å². The molecule has 0 unspecified atom stereocenters. The van der Waals surface area contributed by atoms with Crippen LogP contribution >= 0.6 is 15.9 Å². The molecule has 1 fully saturated rings. The lowest BCUT2D eigenvalue weighted by atomic mass is 10.3. The van der Waals surface area contributed by atoms with Crippen LogP contribution in [-0.2, 0) is 0 Å². The summed E-state index contributed by atoms with van der Waals surface area (Å²) in [5.74, 6) is 0.637. The minimum atomic E-state index is -0.983. The summed E-state index contributed by atoms with van der Waals surface area (Å²) in [5.41, 5.74) is 0. The van der Waals surface area contributed by atoms with Crippen molar-refractivity contribution in [2.24, 2.45) is 0 Å². The van der Waals surface area contributed by atoms with Gasteiger partial charge >= 0.3 is 6.09 Å². The van der Waals surface area contributed by atoms with E-state index in [1.54, 1.807) is 12.4 Å². The molecule has 0 aliphatic carbocycles. The molecule has 0 radical (unpaired) electrons. The van der Waals surface area contributed by atoms with Crippen LogP contribution in [-0.4, -0.2) is 40.3 Å². The standard InChI is InChI=1S/C9H11BrN4O2/c10-6-3-11-8(12-4-6)14-2-1-7(5-14)13-9(15)16/h3-4,7,13H,1-2,5H2,(H,15,16)/t7-/m0/s1. The number of hydrogen-bond acceptors (Lipinski definition) is 4. The Morgan fingerprint density at radius 1 is 1.56 bits per heavy atom. The Kier molecular flexibility index (Phi) is 3.23. The number of anilines is 1. The van der Waals surface area contributed by atoms with E-state index >= 15 is 0 Å². The van der Waals surface area contributed by atoms with E-state index in [9.17, 15) is 4.79 Å².